The van der Waals surface area contributed by atoms with Crippen molar-refractivity contribution in [2.75, 3.05) is 26.4 Å². The van der Waals surface area contributed by atoms with Crippen LogP contribution in [0.1, 0.15) is 41.5 Å². The molecule has 200 valence electrons. The fraction of sp³-hybridized carbons (Fsp3) is 0.667. The second kappa shape index (κ2) is 12.6. The minimum Gasteiger partial charge on any atom is -0.465 e. The third-order valence-electron chi connectivity index (χ3n) is 5.91. The lowest BCUT2D eigenvalue weighted by atomic mass is 9.90. The van der Waals surface area contributed by atoms with Crippen LogP contribution in [0.5, 0.6) is 0 Å². The van der Waals surface area contributed by atoms with E-state index in [1.165, 1.54) is 13.8 Å². The Morgan fingerprint density at radius 2 is 0.771 bits per heavy atom. The van der Waals surface area contributed by atoms with Gasteiger partial charge < -0.3 is 23.1 Å². The van der Waals surface area contributed by atoms with E-state index in [0.29, 0.717) is 0 Å². The molecule has 0 aromatic heterocycles. The number of carbonyl (C=O) groups excluding carboxylic acids is 4. The minimum absolute atomic E-state index is 0.0679. The SMILES string of the molecule is C=C(C(C)(C(=O)OCC)C(=O)OCC)[Si](C)(C)O[Si](C)(C)C(=C)C(C)(C(=O)OCC)C(=O)OCC. The van der Waals surface area contributed by atoms with E-state index in [1.807, 2.05) is 0 Å². The van der Waals surface area contributed by atoms with Crippen LogP contribution < -0.4 is 0 Å². The van der Waals surface area contributed by atoms with Crippen molar-refractivity contribution in [3.63, 3.8) is 0 Å². The topological polar surface area (TPSA) is 114 Å². The molecule has 9 nitrogen and oxygen atoms in total. The molecule has 0 aromatic rings. The molecule has 35 heavy (non-hydrogen) atoms. The van der Waals surface area contributed by atoms with Gasteiger partial charge in [0.1, 0.15) is 0 Å². The first kappa shape index (κ1) is 32.8. The average molecular weight is 531 g/mol. The van der Waals surface area contributed by atoms with E-state index in [2.05, 4.69) is 13.2 Å². The fourth-order valence-electron chi connectivity index (χ4n) is 3.73. The normalized spacial score (nSPS) is 12.4. The van der Waals surface area contributed by atoms with Gasteiger partial charge in [-0.1, -0.05) is 13.2 Å². The molecule has 0 amide bonds. The first-order chi connectivity index (χ1) is 15.9. The van der Waals surface area contributed by atoms with E-state index in [1.54, 1.807) is 53.9 Å². The predicted octanol–water partition coefficient (Wildman–Crippen LogP) is 3.87. The summed E-state index contributed by atoms with van der Waals surface area (Å²) in [6, 6.07) is 0. The van der Waals surface area contributed by atoms with Crippen molar-refractivity contribution < 1.29 is 42.2 Å². The Hall–Kier alpha value is -2.25. The van der Waals surface area contributed by atoms with Gasteiger partial charge in [0.15, 0.2) is 10.8 Å². The zero-order valence-corrected chi connectivity index (χ0v) is 24.9. The van der Waals surface area contributed by atoms with E-state index >= 15 is 0 Å². The van der Waals surface area contributed by atoms with Crippen LogP contribution in [0.3, 0.4) is 0 Å². The van der Waals surface area contributed by atoms with E-state index in [-0.39, 0.29) is 36.8 Å². The van der Waals surface area contributed by atoms with E-state index in [4.69, 9.17) is 23.1 Å². The highest BCUT2D eigenvalue weighted by atomic mass is 28.4. The van der Waals surface area contributed by atoms with Gasteiger partial charge in [-0.05, 0) is 78.1 Å². The lowest BCUT2D eigenvalue weighted by Gasteiger charge is -2.43. The van der Waals surface area contributed by atoms with Crippen molar-refractivity contribution in [1.82, 2.24) is 0 Å². The van der Waals surface area contributed by atoms with Gasteiger partial charge in [0.2, 0.25) is 16.6 Å². The van der Waals surface area contributed by atoms with Gasteiger partial charge >= 0.3 is 23.9 Å². The number of hydrogen-bond donors (Lipinski definition) is 0. The highest BCUT2D eigenvalue weighted by Gasteiger charge is 2.57. The van der Waals surface area contributed by atoms with Gasteiger partial charge in [-0.3, -0.25) is 19.2 Å². The molecule has 0 saturated carbocycles. The summed E-state index contributed by atoms with van der Waals surface area (Å²) in [4.78, 5) is 51.6. The fourth-order valence-corrected chi connectivity index (χ4v) is 12.6. The Bertz CT molecular complexity index is 742. The summed E-state index contributed by atoms with van der Waals surface area (Å²) in [5, 5.41) is 0.480. The molecule has 0 radical (unpaired) electrons. The summed E-state index contributed by atoms with van der Waals surface area (Å²) in [7, 11) is -6.22. The van der Waals surface area contributed by atoms with Gasteiger partial charge in [0, 0.05) is 0 Å². The van der Waals surface area contributed by atoms with Crippen molar-refractivity contribution >= 4 is 40.5 Å². The Balaban J connectivity index is 6.44. The van der Waals surface area contributed by atoms with Crippen LogP contribution in [0.2, 0.25) is 26.2 Å². The number of carbonyl (C=O) groups is 4. The number of rotatable bonds is 14. The molecule has 0 aliphatic rings. The van der Waals surface area contributed by atoms with Gasteiger partial charge in [-0.25, -0.2) is 0 Å². The third-order valence-corrected chi connectivity index (χ3v) is 13.9. The second-order valence-electron chi connectivity index (χ2n) is 9.21. The molecule has 11 heteroatoms. The molecule has 0 aliphatic carbocycles. The molecule has 0 unspecified atom stereocenters. The van der Waals surface area contributed by atoms with Crippen molar-refractivity contribution in [2.45, 2.75) is 67.7 Å². The van der Waals surface area contributed by atoms with Crippen LogP contribution in [-0.4, -0.2) is 66.9 Å². The average Bonchev–Trinajstić information content (AvgIpc) is 2.76. The van der Waals surface area contributed by atoms with Crippen molar-refractivity contribution in [1.29, 1.82) is 0 Å². The van der Waals surface area contributed by atoms with Crippen LogP contribution in [0.25, 0.3) is 0 Å². The molecule has 0 fully saturated rings. The molecule has 0 spiro atoms. The highest BCUT2D eigenvalue weighted by Crippen LogP contribution is 2.41. The van der Waals surface area contributed by atoms with Crippen molar-refractivity contribution in [3.05, 3.63) is 23.6 Å². The third kappa shape index (κ3) is 6.92. The largest absolute Gasteiger partial charge is 0.465 e. The van der Waals surface area contributed by atoms with Gasteiger partial charge in [0.05, 0.1) is 26.4 Å². The molecule has 0 heterocycles. The lowest BCUT2D eigenvalue weighted by molar-refractivity contribution is -0.168. The van der Waals surface area contributed by atoms with Gasteiger partial charge in [-0.15, -0.1) is 0 Å². The van der Waals surface area contributed by atoms with Crippen LogP contribution in [0.4, 0.5) is 0 Å². The van der Waals surface area contributed by atoms with Crippen LogP contribution in [-0.2, 0) is 42.2 Å². The van der Waals surface area contributed by atoms with Crippen molar-refractivity contribution in [2.24, 2.45) is 10.8 Å². The zero-order valence-electron chi connectivity index (χ0n) is 22.9. The van der Waals surface area contributed by atoms with Crippen LogP contribution >= 0.6 is 0 Å². The number of hydrogen-bond acceptors (Lipinski definition) is 9. The summed E-state index contributed by atoms with van der Waals surface area (Å²) < 4.78 is 27.3. The maximum Gasteiger partial charge on any atom is 0.327 e. The maximum absolute atomic E-state index is 12.9. The lowest BCUT2D eigenvalue weighted by Crippen LogP contribution is -2.57. The van der Waals surface area contributed by atoms with Crippen LogP contribution in [0.15, 0.2) is 23.6 Å². The smallest absolute Gasteiger partial charge is 0.327 e. The molecule has 0 rings (SSSR count). The quantitative estimate of drug-likeness (QED) is 0.143. The molecule has 0 N–H and O–H groups in total. The summed E-state index contributed by atoms with van der Waals surface area (Å²) in [5.74, 6) is -3.13. The van der Waals surface area contributed by atoms with Gasteiger partial charge in [-0.2, -0.15) is 0 Å². The summed E-state index contributed by atoms with van der Waals surface area (Å²) in [6.07, 6.45) is 0. The molecular formula is C24H42O9Si2. The molecule has 0 bridgehead atoms. The number of esters is 4. The molecule has 0 aliphatic heterocycles. The predicted molar refractivity (Wildman–Crippen MR) is 137 cm³/mol. The molecular weight excluding hydrogens is 488 g/mol. The second-order valence-corrected chi connectivity index (χ2v) is 17.3. The summed E-state index contributed by atoms with van der Waals surface area (Å²) in [5.41, 5.74) is -3.59. The Morgan fingerprint density at radius 1 is 0.571 bits per heavy atom. The van der Waals surface area contributed by atoms with Crippen molar-refractivity contribution in [3.8, 4) is 0 Å². The first-order valence-corrected chi connectivity index (χ1v) is 17.5. The molecule has 0 atom stereocenters. The van der Waals surface area contributed by atoms with E-state index < -0.39 is 51.3 Å². The monoisotopic (exact) mass is 530 g/mol. The summed E-state index contributed by atoms with van der Waals surface area (Å²) >= 11 is 0. The zero-order chi connectivity index (χ0) is 27.8. The molecule has 0 aromatic carbocycles. The highest BCUT2D eigenvalue weighted by molar-refractivity contribution is 6.92. The first-order valence-electron chi connectivity index (χ1n) is 11.7. The Kier molecular flexibility index (Phi) is 11.8. The maximum atomic E-state index is 12.9. The Morgan fingerprint density at radius 3 is 0.943 bits per heavy atom. The summed E-state index contributed by atoms with van der Waals surface area (Å²) in [6.45, 7) is 24.9. The minimum atomic E-state index is -3.11. The van der Waals surface area contributed by atoms with Crippen LogP contribution in [0, 0.1) is 10.8 Å². The van der Waals surface area contributed by atoms with Gasteiger partial charge in [0.25, 0.3) is 0 Å². The molecule has 0 saturated heterocycles. The van der Waals surface area contributed by atoms with E-state index in [0.717, 1.165) is 0 Å². The standard InChI is InChI=1S/C24H42O9Si2/c1-13-29-19(25)23(7,20(26)30-14-2)17(5)34(9,10)33-35(11,12)18(6)24(8,21(27)31-15-3)22(28)32-16-4/h5-6,13-16H2,1-4,7-12H3. The van der Waals surface area contributed by atoms with E-state index in [9.17, 15) is 19.2 Å². The Labute approximate surface area is 211 Å². The number of ether oxygens (including phenoxy) is 4.